The van der Waals surface area contributed by atoms with Gasteiger partial charge in [0.2, 0.25) is 11.8 Å². The molecule has 1 aliphatic heterocycles. The highest BCUT2D eigenvalue weighted by molar-refractivity contribution is 5.89. The minimum Gasteiger partial charge on any atom is -0.353 e. The fourth-order valence-corrected chi connectivity index (χ4v) is 3.34. The van der Waals surface area contributed by atoms with E-state index in [0.717, 1.165) is 12.1 Å². The minimum absolute atomic E-state index is 0.00515. The number of hydrogen-bond donors (Lipinski definition) is 1. The average molecular weight is 353 g/mol. The van der Waals surface area contributed by atoms with E-state index in [1.54, 1.807) is 11.9 Å². The molecule has 1 heterocycles. The molecule has 0 aromatic heterocycles. The van der Waals surface area contributed by atoms with Crippen LogP contribution in [0.4, 0.5) is 0 Å². The lowest BCUT2D eigenvalue weighted by atomic mass is 10.0. The standard InChI is InChI=1S/C21H27N3O2/c1-15(2)23(3)20(25)13-19-21(26)22-10-11-24(19)14-16-8-9-17-6-4-5-7-18(17)12-16/h4-9,12,15,19H,10-11,13-14H2,1-3H3,(H,22,26)/t19-/m0/s1. The highest BCUT2D eigenvalue weighted by Gasteiger charge is 2.32. The van der Waals surface area contributed by atoms with Gasteiger partial charge in [0.1, 0.15) is 0 Å². The number of nitrogens with one attached hydrogen (secondary N) is 1. The van der Waals surface area contributed by atoms with Crippen LogP contribution in [0.25, 0.3) is 10.8 Å². The molecule has 0 spiro atoms. The maximum absolute atomic E-state index is 12.5. The third kappa shape index (κ3) is 4.05. The first-order valence-electron chi connectivity index (χ1n) is 9.21. The first kappa shape index (κ1) is 18.4. The van der Waals surface area contributed by atoms with Crippen molar-refractivity contribution in [1.29, 1.82) is 0 Å². The van der Waals surface area contributed by atoms with Gasteiger partial charge in [0.15, 0.2) is 0 Å². The number of nitrogens with zero attached hydrogens (tertiary/aromatic N) is 2. The van der Waals surface area contributed by atoms with Gasteiger partial charge < -0.3 is 10.2 Å². The third-order valence-corrected chi connectivity index (χ3v) is 5.18. The lowest BCUT2D eigenvalue weighted by molar-refractivity contribution is -0.139. The minimum atomic E-state index is -0.413. The molecule has 1 saturated heterocycles. The van der Waals surface area contributed by atoms with Crippen molar-refractivity contribution in [1.82, 2.24) is 15.1 Å². The lowest BCUT2D eigenvalue weighted by Gasteiger charge is -2.36. The van der Waals surface area contributed by atoms with Crippen LogP contribution in [0.15, 0.2) is 42.5 Å². The lowest BCUT2D eigenvalue weighted by Crippen LogP contribution is -2.56. The van der Waals surface area contributed by atoms with Crippen LogP contribution in [-0.2, 0) is 16.1 Å². The molecule has 0 saturated carbocycles. The summed E-state index contributed by atoms with van der Waals surface area (Å²) in [6.07, 6.45) is 0.216. The molecular formula is C21H27N3O2. The summed E-state index contributed by atoms with van der Waals surface area (Å²) in [5.41, 5.74) is 1.16. The molecule has 1 aliphatic rings. The van der Waals surface area contributed by atoms with Crippen molar-refractivity contribution in [3.05, 3.63) is 48.0 Å². The molecule has 5 nitrogen and oxygen atoms in total. The van der Waals surface area contributed by atoms with Crippen molar-refractivity contribution in [2.75, 3.05) is 20.1 Å². The van der Waals surface area contributed by atoms with Crippen LogP contribution in [0, 0.1) is 0 Å². The smallest absolute Gasteiger partial charge is 0.237 e. The summed E-state index contributed by atoms with van der Waals surface area (Å²) in [4.78, 5) is 28.7. The van der Waals surface area contributed by atoms with Crippen molar-refractivity contribution < 1.29 is 9.59 Å². The Morgan fingerprint density at radius 1 is 1.23 bits per heavy atom. The van der Waals surface area contributed by atoms with E-state index in [-0.39, 0.29) is 24.3 Å². The first-order valence-corrected chi connectivity index (χ1v) is 9.21. The van der Waals surface area contributed by atoms with Crippen LogP contribution in [-0.4, -0.2) is 53.8 Å². The van der Waals surface area contributed by atoms with E-state index in [2.05, 4.69) is 40.5 Å². The van der Waals surface area contributed by atoms with Crippen molar-refractivity contribution in [3.8, 4) is 0 Å². The zero-order valence-electron chi connectivity index (χ0n) is 15.7. The molecule has 0 radical (unpaired) electrons. The number of rotatable bonds is 5. The summed E-state index contributed by atoms with van der Waals surface area (Å²) in [5.74, 6) is -0.0480. The molecule has 1 N–H and O–H groups in total. The van der Waals surface area contributed by atoms with E-state index in [0.29, 0.717) is 13.1 Å². The Balaban J connectivity index is 1.76. The molecule has 26 heavy (non-hydrogen) atoms. The molecule has 3 rings (SSSR count). The molecule has 2 aromatic rings. The predicted octanol–water partition coefficient (Wildman–Crippen LogP) is 2.40. The van der Waals surface area contributed by atoms with Gasteiger partial charge in [-0.15, -0.1) is 0 Å². The van der Waals surface area contributed by atoms with Gasteiger partial charge in [-0.2, -0.15) is 0 Å². The summed E-state index contributed by atoms with van der Waals surface area (Å²) in [7, 11) is 1.79. The van der Waals surface area contributed by atoms with Crippen LogP contribution in [0.2, 0.25) is 0 Å². The zero-order chi connectivity index (χ0) is 18.7. The van der Waals surface area contributed by atoms with Crippen molar-refractivity contribution in [2.24, 2.45) is 0 Å². The molecule has 0 unspecified atom stereocenters. The maximum Gasteiger partial charge on any atom is 0.237 e. The van der Waals surface area contributed by atoms with Crippen LogP contribution >= 0.6 is 0 Å². The van der Waals surface area contributed by atoms with Gasteiger partial charge in [0, 0.05) is 32.7 Å². The van der Waals surface area contributed by atoms with Crippen molar-refractivity contribution in [2.45, 2.75) is 38.9 Å². The SMILES string of the molecule is CC(C)N(C)C(=O)C[C@H]1C(=O)NCCN1Cc1ccc2ccccc2c1. The molecular weight excluding hydrogens is 326 g/mol. The van der Waals surface area contributed by atoms with E-state index < -0.39 is 6.04 Å². The Labute approximate surface area is 155 Å². The number of benzene rings is 2. The van der Waals surface area contributed by atoms with Gasteiger partial charge in [-0.1, -0.05) is 36.4 Å². The second-order valence-corrected chi connectivity index (χ2v) is 7.26. The van der Waals surface area contributed by atoms with Crippen LogP contribution < -0.4 is 5.32 Å². The average Bonchev–Trinajstić information content (AvgIpc) is 2.63. The quantitative estimate of drug-likeness (QED) is 0.898. The highest BCUT2D eigenvalue weighted by atomic mass is 16.2. The number of carbonyl (C=O) groups excluding carboxylic acids is 2. The topological polar surface area (TPSA) is 52.7 Å². The molecule has 2 aromatic carbocycles. The van der Waals surface area contributed by atoms with E-state index >= 15 is 0 Å². The zero-order valence-corrected chi connectivity index (χ0v) is 15.7. The molecule has 2 amide bonds. The first-order chi connectivity index (χ1) is 12.5. The maximum atomic E-state index is 12.5. The molecule has 1 atom stereocenters. The Hall–Kier alpha value is -2.40. The Morgan fingerprint density at radius 3 is 2.69 bits per heavy atom. The second kappa shape index (κ2) is 7.87. The highest BCUT2D eigenvalue weighted by Crippen LogP contribution is 2.19. The Bertz CT molecular complexity index is 803. The van der Waals surface area contributed by atoms with Crippen molar-refractivity contribution >= 4 is 22.6 Å². The Morgan fingerprint density at radius 2 is 1.96 bits per heavy atom. The summed E-state index contributed by atoms with van der Waals surface area (Å²) >= 11 is 0. The molecule has 5 heteroatoms. The molecule has 1 fully saturated rings. The van der Waals surface area contributed by atoms with E-state index in [4.69, 9.17) is 0 Å². The fourth-order valence-electron chi connectivity index (χ4n) is 3.34. The van der Waals surface area contributed by atoms with E-state index in [9.17, 15) is 9.59 Å². The van der Waals surface area contributed by atoms with Crippen molar-refractivity contribution in [3.63, 3.8) is 0 Å². The summed E-state index contributed by atoms with van der Waals surface area (Å²) in [6, 6.07) is 14.4. The predicted molar refractivity (Wildman–Crippen MR) is 104 cm³/mol. The molecule has 138 valence electrons. The number of amides is 2. The monoisotopic (exact) mass is 353 g/mol. The van der Waals surface area contributed by atoms with Crippen LogP contribution in [0.3, 0.4) is 0 Å². The van der Waals surface area contributed by atoms with Gasteiger partial charge in [-0.05, 0) is 36.2 Å². The van der Waals surface area contributed by atoms with Gasteiger partial charge in [0.25, 0.3) is 0 Å². The summed E-state index contributed by atoms with van der Waals surface area (Å²) in [5, 5.41) is 5.30. The Kier molecular flexibility index (Phi) is 5.57. The summed E-state index contributed by atoms with van der Waals surface area (Å²) < 4.78 is 0. The number of carbonyl (C=O) groups is 2. The van der Waals surface area contributed by atoms with Gasteiger partial charge in [-0.25, -0.2) is 0 Å². The number of piperazine rings is 1. The van der Waals surface area contributed by atoms with Gasteiger partial charge >= 0.3 is 0 Å². The normalized spacial score (nSPS) is 18.2. The fraction of sp³-hybridized carbons (Fsp3) is 0.429. The largest absolute Gasteiger partial charge is 0.353 e. The molecule has 0 aliphatic carbocycles. The van der Waals surface area contributed by atoms with Crippen LogP contribution in [0.5, 0.6) is 0 Å². The molecule has 0 bridgehead atoms. The number of hydrogen-bond acceptors (Lipinski definition) is 3. The number of fused-ring (bicyclic) bond motifs is 1. The summed E-state index contributed by atoms with van der Waals surface area (Å²) in [6.45, 7) is 6.00. The third-order valence-electron chi connectivity index (χ3n) is 5.18. The second-order valence-electron chi connectivity index (χ2n) is 7.26. The van der Waals surface area contributed by atoms with E-state index in [1.165, 1.54) is 10.8 Å². The van der Waals surface area contributed by atoms with Crippen LogP contribution in [0.1, 0.15) is 25.8 Å². The van der Waals surface area contributed by atoms with Gasteiger partial charge in [0.05, 0.1) is 12.5 Å². The van der Waals surface area contributed by atoms with Gasteiger partial charge in [-0.3, -0.25) is 14.5 Å². The van der Waals surface area contributed by atoms with E-state index in [1.807, 2.05) is 26.0 Å².